The molecule has 26 heavy (non-hydrogen) atoms. The van der Waals surface area contributed by atoms with Gasteiger partial charge >= 0.3 is 0 Å². The summed E-state index contributed by atoms with van der Waals surface area (Å²) < 4.78 is 14.6. The van der Waals surface area contributed by atoms with Gasteiger partial charge in [0.05, 0.1) is 5.92 Å². The monoisotopic (exact) mass is 355 g/mol. The third-order valence-electron chi connectivity index (χ3n) is 3.80. The molecule has 3 aromatic rings. The molecule has 1 amide bonds. The molecule has 0 spiro atoms. The number of nitrogen functional groups attached to an aromatic ring is 1. The predicted molar refractivity (Wildman–Crippen MR) is 94.8 cm³/mol. The summed E-state index contributed by atoms with van der Waals surface area (Å²) in [4.78, 5) is 20.0. The topological polar surface area (TPSA) is 125 Å². The zero-order valence-corrected chi connectivity index (χ0v) is 13.8. The molecule has 5 N–H and O–H groups in total. The third-order valence-corrected chi connectivity index (χ3v) is 3.80. The average molecular weight is 355 g/mol. The van der Waals surface area contributed by atoms with Crippen molar-refractivity contribution in [2.45, 2.75) is 6.42 Å². The summed E-state index contributed by atoms with van der Waals surface area (Å²) in [6.07, 6.45) is 3.73. The molecular weight excluding hydrogens is 337 g/mol. The van der Waals surface area contributed by atoms with Crippen LogP contribution in [0.1, 0.15) is 5.56 Å². The molecule has 1 unspecified atom stereocenters. The number of carbonyl (C=O) groups is 1. The van der Waals surface area contributed by atoms with Gasteiger partial charge in [-0.3, -0.25) is 4.79 Å². The highest BCUT2D eigenvalue weighted by molar-refractivity contribution is 5.77. The second-order valence-corrected chi connectivity index (χ2v) is 5.73. The quantitative estimate of drug-likeness (QED) is 0.584. The van der Waals surface area contributed by atoms with Crippen LogP contribution in [0.4, 0.5) is 16.2 Å². The molecule has 9 heteroatoms. The van der Waals surface area contributed by atoms with E-state index in [1.165, 1.54) is 12.1 Å². The number of hydrogen-bond donors (Lipinski definition) is 3. The van der Waals surface area contributed by atoms with E-state index in [1.807, 2.05) is 0 Å². The van der Waals surface area contributed by atoms with E-state index < -0.39 is 11.8 Å². The lowest BCUT2D eigenvalue weighted by atomic mass is 9.98. The lowest BCUT2D eigenvalue weighted by molar-refractivity contribution is -0.121. The van der Waals surface area contributed by atoms with Gasteiger partial charge in [0.25, 0.3) is 0 Å². The molecule has 8 nitrogen and oxygen atoms in total. The van der Waals surface area contributed by atoms with Gasteiger partial charge in [0, 0.05) is 25.0 Å². The average Bonchev–Trinajstić information content (AvgIpc) is 3.14. The van der Waals surface area contributed by atoms with Crippen LogP contribution in [-0.4, -0.2) is 32.2 Å². The number of carbonyl (C=O) groups excluding carboxylic acids is 1. The van der Waals surface area contributed by atoms with E-state index in [2.05, 4.69) is 20.4 Å². The fourth-order valence-electron chi connectivity index (χ4n) is 2.47. The molecule has 3 rings (SSSR count). The number of rotatable bonds is 7. The Morgan fingerprint density at radius 3 is 2.69 bits per heavy atom. The lowest BCUT2D eigenvalue weighted by Gasteiger charge is -2.15. The van der Waals surface area contributed by atoms with Gasteiger partial charge in [0.15, 0.2) is 5.82 Å². The normalized spacial score (nSPS) is 11.9. The van der Waals surface area contributed by atoms with Crippen LogP contribution in [0.2, 0.25) is 0 Å². The molecule has 1 aromatic carbocycles. The van der Waals surface area contributed by atoms with Crippen LogP contribution in [-0.2, 0) is 11.2 Å². The minimum atomic E-state index is -0.496. The summed E-state index contributed by atoms with van der Waals surface area (Å²) in [6.45, 7) is 0.252. The number of halogens is 1. The third kappa shape index (κ3) is 4.32. The molecule has 0 fully saturated rings. The van der Waals surface area contributed by atoms with E-state index in [4.69, 9.17) is 11.5 Å². The Morgan fingerprint density at radius 2 is 2.04 bits per heavy atom. The number of primary amides is 1. The number of aromatic nitrogens is 4. The van der Waals surface area contributed by atoms with Crippen LogP contribution in [0.25, 0.3) is 5.82 Å². The van der Waals surface area contributed by atoms with Crippen molar-refractivity contribution >= 4 is 17.7 Å². The molecule has 0 saturated carbocycles. The Labute approximate surface area is 149 Å². The van der Waals surface area contributed by atoms with E-state index >= 15 is 0 Å². The highest BCUT2D eigenvalue weighted by Gasteiger charge is 2.17. The van der Waals surface area contributed by atoms with Crippen LogP contribution in [0.3, 0.4) is 0 Å². The standard InChI is InChI=1S/C17H18FN7O/c18-13-4-2-11(3-5-13)8-12(16(19)26)10-21-14-9-15(24-17(20)23-14)25-7-1-6-22-25/h1-7,9,12H,8,10H2,(H2,19,26)(H3,20,21,23,24). The Hall–Kier alpha value is -3.49. The minimum absolute atomic E-state index is 0.0784. The van der Waals surface area contributed by atoms with Crippen molar-refractivity contribution in [1.29, 1.82) is 0 Å². The van der Waals surface area contributed by atoms with Gasteiger partial charge in [0.1, 0.15) is 11.6 Å². The van der Waals surface area contributed by atoms with Crippen LogP contribution < -0.4 is 16.8 Å². The largest absolute Gasteiger partial charge is 0.369 e. The molecule has 0 aliphatic heterocycles. The smallest absolute Gasteiger partial charge is 0.224 e. The van der Waals surface area contributed by atoms with E-state index in [-0.39, 0.29) is 18.3 Å². The fourth-order valence-corrected chi connectivity index (χ4v) is 2.47. The van der Waals surface area contributed by atoms with Gasteiger partial charge in [-0.15, -0.1) is 0 Å². The minimum Gasteiger partial charge on any atom is -0.369 e. The van der Waals surface area contributed by atoms with Crippen LogP contribution in [0.5, 0.6) is 0 Å². The Bertz CT molecular complexity index is 881. The fraction of sp³-hybridized carbons (Fsp3) is 0.176. The van der Waals surface area contributed by atoms with Crippen LogP contribution >= 0.6 is 0 Å². The van der Waals surface area contributed by atoms with Crippen molar-refractivity contribution in [3.63, 3.8) is 0 Å². The van der Waals surface area contributed by atoms with Crippen LogP contribution in [0, 0.1) is 11.7 Å². The first-order valence-corrected chi connectivity index (χ1v) is 7.93. The number of benzene rings is 1. The maximum atomic E-state index is 13.0. The maximum Gasteiger partial charge on any atom is 0.224 e. The van der Waals surface area contributed by atoms with Crippen molar-refractivity contribution in [2.75, 3.05) is 17.6 Å². The first-order chi connectivity index (χ1) is 12.5. The number of amides is 1. The van der Waals surface area contributed by atoms with Crippen molar-refractivity contribution in [3.05, 3.63) is 60.2 Å². The SMILES string of the molecule is NC(=O)C(CNc1cc(-n2cccn2)nc(N)n1)Cc1ccc(F)cc1. The van der Waals surface area contributed by atoms with Gasteiger partial charge in [0.2, 0.25) is 11.9 Å². The molecule has 2 aromatic heterocycles. The van der Waals surface area contributed by atoms with Crippen molar-refractivity contribution < 1.29 is 9.18 Å². The number of nitrogens with one attached hydrogen (secondary N) is 1. The first kappa shape index (κ1) is 17.3. The van der Waals surface area contributed by atoms with E-state index in [0.717, 1.165) is 5.56 Å². The zero-order chi connectivity index (χ0) is 18.5. The van der Waals surface area contributed by atoms with Gasteiger partial charge < -0.3 is 16.8 Å². The zero-order valence-electron chi connectivity index (χ0n) is 13.8. The summed E-state index contributed by atoms with van der Waals surface area (Å²) in [5.74, 6) is -0.256. The molecule has 0 saturated heterocycles. The van der Waals surface area contributed by atoms with Crippen molar-refractivity contribution in [2.24, 2.45) is 11.7 Å². The maximum absolute atomic E-state index is 13.0. The summed E-state index contributed by atoms with van der Waals surface area (Å²) >= 11 is 0. The Kier molecular flexibility index (Phi) is 5.07. The van der Waals surface area contributed by atoms with Gasteiger partial charge in [-0.05, 0) is 30.2 Å². The Morgan fingerprint density at radius 1 is 1.27 bits per heavy atom. The highest BCUT2D eigenvalue weighted by atomic mass is 19.1. The van der Waals surface area contributed by atoms with E-state index in [1.54, 1.807) is 41.3 Å². The second kappa shape index (κ2) is 7.60. The van der Waals surface area contributed by atoms with Crippen LogP contribution in [0.15, 0.2) is 48.8 Å². The number of hydrogen-bond acceptors (Lipinski definition) is 6. The summed E-state index contributed by atoms with van der Waals surface area (Å²) in [5.41, 5.74) is 12.0. The van der Waals surface area contributed by atoms with Gasteiger partial charge in [-0.1, -0.05) is 12.1 Å². The number of nitrogens with two attached hydrogens (primary N) is 2. The van der Waals surface area contributed by atoms with Crippen molar-refractivity contribution in [1.82, 2.24) is 19.7 Å². The molecule has 0 aliphatic carbocycles. The molecule has 0 radical (unpaired) electrons. The van der Waals surface area contributed by atoms with Gasteiger partial charge in [-0.2, -0.15) is 15.1 Å². The molecule has 134 valence electrons. The Balaban J connectivity index is 1.71. The van der Waals surface area contributed by atoms with Gasteiger partial charge in [-0.25, -0.2) is 9.07 Å². The number of anilines is 2. The van der Waals surface area contributed by atoms with Crippen molar-refractivity contribution in [3.8, 4) is 5.82 Å². The lowest BCUT2D eigenvalue weighted by Crippen LogP contribution is -2.31. The van der Waals surface area contributed by atoms with E-state index in [0.29, 0.717) is 18.1 Å². The second-order valence-electron chi connectivity index (χ2n) is 5.73. The molecule has 0 bridgehead atoms. The molecule has 0 aliphatic rings. The molecule has 2 heterocycles. The summed E-state index contributed by atoms with van der Waals surface area (Å²) in [5, 5.41) is 7.15. The summed E-state index contributed by atoms with van der Waals surface area (Å²) in [6, 6.07) is 9.38. The molecular formula is C17H18FN7O. The highest BCUT2D eigenvalue weighted by Crippen LogP contribution is 2.14. The summed E-state index contributed by atoms with van der Waals surface area (Å²) in [7, 11) is 0. The predicted octanol–water partition coefficient (Wildman–Crippen LogP) is 1.14. The molecule has 1 atom stereocenters. The number of nitrogens with zero attached hydrogens (tertiary/aromatic N) is 4. The van der Waals surface area contributed by atoms with E-state index in [9.17, 15) is 9.18 Å². The first-order valence-electron chi connectivity index (χ1n) is 7.93.